The summed E-state index contributed by atoms with van der Waals surface area (Å²) in [4.78, 5) is 36.6. The number of halogens is 3. The van der Waals surface area contributed by atoms with Crippen LogP contribution in [0.3, 0.4) is 0 Å². The standard InChI is InChI=1S/C30H34BrClFN5O2/c1-4-27(37(18-17-36(2)3)30(40)34-21-10-8-9-20(31)13-14-21)28-35-26-12-7-5-6-11-23(26)29(39)38(28)22-15-16-25(33)24(32)19-22/h6,8,10-11,13-16,19,27H,4-5,7,9,12,17-18H2,1-3H3,(H,34,40). The predicted molar refractivity (Wildman–Crippen MR) is 162 cm³/mol. The van der Waals surface area contributed by atoms with Gasteiger partial charge in [-0.25, -0.2) is 14.2 Å². The van der Waals surface area contributed by atoms with Crippen molar-refractivity contribution in [3.63, 3.8) is 0 Å². The largest absolute Gasteiger partial charge is 0.322 e. The Hall–Kier alpha value is -3.01. The van der Waals surface area contributed by atoms with Crippen LogP contribution in [0.25, 0.3) is 11.8 Å². The summed E-state index contributed by atoms with van der Waals surface area (Å²) in [5.41, 5.74) is 2.00. The summed E-state index contributed by atoms with van der Waals surface area (Å²) >= 11 is 9.66. The van der Waals surface area contributed by atoms with Crippen LogP contribution in [0.2, 0.25) is 5.02 Å². The van der Waals surface area contributed by atoms with Crippen molar-refractivity contribution in [2.24, 2.45) is 0 Å². The highest BCUT2D eigenvalue weighted by molar-refractivity contribution is 9.11. The molecule has 1 unspecified atom stereocenters. The molecule has 2 aliphatic rings. The molecule has 1 aromatic heterocycles. The molecule has 10 heteroatoms. The SMILES string of the molecule is CCC(c1nc2c(c(=O)n1-c1ccc(F)c(Cl)c1)C=CCCC2)N(CCN(C)C)C(=O)NC1=CC=C(Br)CC=C1. The molecule has 0 saturated heterocycles. The van der Waals surface area contributed by atoms with Gasteiger partial charge in [0.25, 0.3) is 5.56 Å². The molecule has 1 heterocycles. The highest BCUT2D eigenvalue weighted by Gasteiger charge is 2.30. The Morgan fingerprint density at radius 3 is 2.75 bits per heavy atom. The first kappa shape index (κ1) is 30.0. The van der Waals surface area contributed by atoms with Crippen LogP contribution >= 0.6 is 27.5 Å². The molecule has 1 aromatic carbocycles. The minimum Gasteiger partial charge on any atom is -0.313 e. The number of hydrogen-bond acceptors (Lipinski definition) is 4. The number of carbonyl (C=O) groups excluding carboxylic acids is 1. The summed E-state index contributed by atoms with van der Waals surface area (Å²) in [5, 5.41) is 2.94. The average molecular weight is 631 g/mol. The van der Waals surface area contributed by atoms with Gasteiger partial charge in [-0.3, -0.25) is 9.36 Å². The molecular weight excluding hydrogens is 597 g/mol. The number of benzene rings is 1. The minimum absolute atomic E-state index is 0.0950. The maximum atomic E-state index is 14.1. The third-order valence-corrected chi connectivity index (χ3v) is 7.75. The van der Waals surface area contributed by atoms with E-state index in [0.29, 0.717) is 54.4 Å². The summed E-state index contributed by atoms with van der Waals surface area (Å²) in [6, 6.07) is 3.33. The van der Waals surface area contributed by atoms with Crippen LogP contribution < -0.4 is 10.9 Å². The van der Waals surface area contributed by atoms with Crippen LogP contribution in [-0.2, 0) is 6.42 Å². The molecule has 7 nitrogen and oxygen atoms in total. The molecule has 0 saturated carbocycles. The molecular formula is C30H34BrClFN5O2. The van der Waals surface area contributed by atoms with Gasteiger partial charge >= 0.3 is 6.03 Å². The molecule has 0 spiro atoms. The Bertz CT molecular complexity index is 1450. The average Bonchev–Trinajstić information content (AvgIpc) is 3.28. The van der Waals surface area contributed by atoms with E-state index >= 15 is 0 Å². The lowest BCUT2D eigenvalue weighted by Crippen LogP contribution is -2.46. The highest BCUT2D eigenvalue weighted by Crippen LogP contribution is 2.28. The third kappa shape index (κ3) is 7.00. The molecule has 4 rings (SSSR count). The van der Waals surface area contributed by atoms with Crippen molar-refractivity contribution in [2.75, 3.05) is 27.2 Å². The topological polar surface area (TPSA) is 70.5 Å². The van der Waals surface area contributed by atoms with E-state index in [2.05, 4.69) is 21.2 Å². The number of amides is 2. The molecule has 2 amide bonds. The number of nitrogens with zero attached hydrogens (tertiary/aromatic N) is 4. The van der Waals surface area contributed by atoms with E-state index in [-0.39, 0.29) is 16.6 Å². The van der Waals surface area contributed by atoms with Gasteiger partial charge in [0.2, 0.25) is 0 Å². The molecule has 0 radical (unpaired) electrons. The van der Waals surface area contributed by atoms with E-state index in [0.717, 1.165) is 23.7 Å². The number of urea groups is 1. The molecule has 2 aliphatic carbocycles. The van der Waals surface area contributed by atoms with Gasteiger partial charge < -0.3 is 15.1 Å². The molecule has 0 fully saturated rings. The first-order valence-electron chi connectivity index (χ1n) is 13.4. The Labute approximate surface area is 247 Å². The second-order valence-corrected chi connectivity index (χ2v) is 11.5. The first-order chi connectivity index (χ1) is 19.2. The summed E-state index contributed by atoms with van der Waals surface area (Å²) < 4.78 is 16.6. The fraction of sp³-hybridized carbons (Fsp3) is 0.367. The van der Waals surface area contributed by atoms with Crippen LogP contribution in [0.1, 0.15) is 55.7 Å². The van der Waals surface area contributed by atoms with Crippen LogP contribution in [0, 0.1) is 5.82 Å². The lowest BCUT2D eigenvalue weighted by molar-refractivity contribution is 0.163. The van der Waals surface area contributed by atoms with Crippen LogP contribution in [0.15, 0.2) is 63.6 Å². The van der Waals surface area contributed by atoms with Gasteiger partial charge in [0.1, 0.15) is 11.6 Å². The zero-order valence-corrected chi connectivity index (χ0v) is 25.3. The number of likely N-dealkylation sites (N-methyl/N-ethyl adjacent to an activating group) is 1. The number of carbonyl (C=O) groups is 1. The second kappa shape index (κ2) is 13.6. The van der Waals surface area contributed by atoms with Gasteiger partial charge in [-0.2, -0.15) is 0 Å². The van der Waals surface area contributed by atoms with Crippen molar-refractivity contribution in [3.05, 3.63) is 97.0 Å². The molecule has 1 N–H and O–H groups in total. The van der Waals surface area contributed by atoms with Gasteiger partial charge in [-0.1, -0.05) is 52.7 Å². The smallest absolute Gasteiger partial charge is 0.313 e. The van der Waals surface area contributed by atoms with Crippen molar-refractivity contribution < 1.29 is 9.18 Å². The van der Waals surface area contributed by atoms with Crippen molar-refractivity contribution in [3.8, 4) is 5.69 Å². The van der Waals surface area contributed by atoms with Crippen LogP contribution in [-0.4, -0.2) is 52.6 Å². The van der Waals surface area contributed by atoms with Crippen LogP contribution in [0.4, 0.5) is 9.18 Å². The monoisotopic (exact) mass is 629 g/mol. The minimum atomic E-state index is -0.577. The predicted octanol–water partition coefficient (Wildman–Crippen LogP) is 6.52. The molecule has 212 valence electrons. The van der Waals surface area contributed by atoms with Crippen molar-refractivity contribution in [1.29, 1.82) is 0 Å². The van der Waals surface area contributed by atoms with Crippen LogP contribution in [0.5, 0.6) is 0 Å². The lowest BCUT2D eigenvalue weighted by atomic mass is 10.1. The number of fused-ring (bicyclic) bond motifs is 1. The number of allylic oxidation sites excluding steroid dienone is 6. The molecule has 40 heavy (non-hydrogen) atoms. The first-order valence-corrected chi connectivity index (χ1v) is 14.6. The molecule has 1 atom stereocenters. The Balaban J connectivity index is 1.86. The summed E-state index contributed by atoms with van der Waals surface area (Å²) in [6.07, 6.45) is 15.0. The van der Waals surface area contributed by atoms with E-state index in [4.69, 9.17) is 16.6 Å². The highest BCUT2D eigenvalue weighted by atomic mass is 79.9. The second-order valence-electron chi connectivity index (χ2n) is 10.1. The van der Waals surface area contributed by atoms with Crippen molar-refractivity contribution in [1.82, 2.24) is 24.7 Å². The van der Waals surface area contributed by atoms with E-state index in [9.17, 15) is 14.0 Å². The molecule has 0 bridgehead atoms. The Morgan fingerprint density at radius 1 is 1.23 bits per heavy atom. The quantitative estimate of drug-likeness (QED) is 0.361. The maximum Gasteiger partial charge on any atom is 0.322 e. The van der Waals surface area contributed by atoms with Gasteiger partial charge in [-0.15, -0.1) is 0 Å². The van der Waals surface area contributed by atoms with Crippen molar-refractivity contribution >= 4 is 39.6 Å². The number of aromatic nitrogens is 2. The summed E-state index contributed by atoms with van der Waals surface area (Å²) in [7, 11) is 3.89. The van der Waals surface area contributed by atoms with E-state index in [1.165, 1.54) is 22.8 Å². The summed E-state index contributed by atoms with van der Waals surface area (Å²) in [5.74, 6) is -0.154. The summed E-state index contributed by atoms with van der Waals surface area (Å²) in [6.45, 7) is 2.96. The fourth-order valence-corrected chi connectivity index (χ4v) is 5.26. The number of nitrogens with one attached hydrogen (secondary N) is 1. The van der Waals surface area contributed by atoms with Gasteiger partial charge in [0, 0.05) is 18.8 Å². The Kier molecular flexibility index (Phi) is 10.2. The van der Waals surface area contributed by atoms with Gasteiger partial charge in [0.05, 0.1) is 28.0 Å². The van der Waals surface area contributed by atoms with E-state index in [1.54, 1.807) is 4.90 Å². The maximum absolute atomic E-state index is 14.1. The lowest BCUT2D eigenvalue weighted by Gasteiger charge is -2.33. The number of aryl methyl sites for hydroxylation is 1. The third-order valence-electron chi connectivity index (χ3n) is 6.87. The van der Waals surface area contributed by atoms with E-state index < -0.39 is 11.9 Å². The zero-order chi connectivity index (χ0) is 28.8. The fourth-order valence-electron chi connectivity index (χ4n) is 4.77. The van der Waals surface area contributed by atoms with E-state index in [1.807, 2.05) is 62.4 Å². The number of rotatable bonds is 8. The van der Waals surface area contributed by atoms with Gasteiger partial charge in [-0.05, 0) is 87.1 Å². The Morgan fingerprint density at radius 2 is 2.02 bits per heavy atom. The molecule has 2 aromatic rings. The normalized spacial score (nSPS) is 15.6. The van der Waals surface area contributed by atoms with Crippen molar-refractivity contribution in [2.45, 2.75) is 45.1 Å². The number of hydrogen-bond donors (Lipinski definition) is 1. The van der Waals surface area contributed by atoms with Gasteiger partial charge in [0.15, 0.2) is 0 Å². The molecule has 0 aliphatic heterocycles. The zero-order valence-electron chi connectivity index (χ0n) is 23.0.